The molecule has 9 nitrogen and oxygen atoms in total. The van der Waals surface area contributed by atoms with Crippen molar-refractivity contribution in [2.75, 3.05) is 79.1 Å². The summed E-state index contributed by atoms with van der Waals surface area (Å²) in [6, 6.07) is 0.130. The average molecular weight is 385 g/mol. The Morgan fingerprint density at radius 1 is 0.692 bits per heavy atom. The molecule has 2 N–H and O–H groups in total. The number of thiocarbonyl (C=S) groups is 1. The highest BCUT2D eigenvalue weighted by Crippen LogP contribution is 2.10. The van der Waals surface area contributed by atoms with Crippen LogP contribution in [0.25, 0.3) is 0 Å². The summed E-state index contributed by atoms with van der Waals surface area (Å²) in [6.45, 7) is 3.90. The molecule has 0 radical (unpaired) electrons. The van der Waals surface area contributed by atoms with Gasteiger partial charge in [-0.25, -0.2) is 4.79 Å². The molecule has 0 atom stereocenters. The Balaban J connectivity index is 0.000000197. The Kier molecular flexibility index (Phi) is 7.81. The standard InChI is InChI=1S/C6H8N2O2.C5H10N2O.C5H10N2S/c1-7-3-4(8-2)6(10)5(3)9;2*1-6-3-4-7(2)5(6)8/h7-8H,1-2H3;2*3-4H2,1-2H3. The molecule has 2 amide bonds. The van der Waals surface area contributed by atoms with Crippen LogP contribution in [0.5, 0.6) is 0 Å². The Bertz CT molecular complexity index is 631. The molecule has 0 aliphatic carbocycles. The molecule has 0 spiro atoms. The van der Waals surface area contributed by atoms with Gasteiger partial charge in [-0.05, 0) is 12.2 Å². The lowest BCUT2D eigenvalue weighted by molar-refractivity contribution is 0.205. The SMILES string of the molecule is CN1CCN(C)C1=O.CN1CCN(C)C1=S.CNc1c(NC)c(=O)c1=O. The number of amides is 2. The molecule has 0 unspecified atom stereocenters. The van der Waals surface area contributed by atoms with E-state index in [4.69, 9.17) is 12.2 Å². The van der Waals surface area contributed by atoms with Crippen molar-refractivity contribution in [3.8, 4) is 0 Å². The number of nitrogens with zero attached hydrogens (tertiary/aromatic N) is 4. The molecule has 0 saturated carbocycles. The third-order valence-corrected chi connectivity index (χ3v) is 4.88. The van der Waals surface area contributed by atoms with Gasteiger partial charge >= 0.3 is 6.03 Å². The maximum absolute atomic E-state index is 10.8. The first-order valence-electron chi connectivity index (χ1n) is 8.26. The maximum atomic E-state index is 10.8. The molecule has 10 heteroatoms. The lowest BCUT2D eigenvalue weighted by Gasteiger charge is -2.11. The lowest BCUT2D eigenvalue weighted by Crippen LogP contribution is -2.35. The fourth-order valence-electron chi connectivity index (χ4n) is 2.43. The van der Waals surface area contributed by atoms with Crippen molar-refractivity contribution in [2.24, 2.45) is 0 Å². The van der Waals surface area contributed by atoms with Gasteiger partial charge in [-0.2, -0.15) is 0 Å². The van der Waals surface area contributed by atoms with Gasteiger partial charge < -0.3 is 30.2 Å². The van der Waals surface area contributed by atoms with Crippen LogP contribution in [0.4, 0.5) is 16.2 Å². The molecular formula is C16H28N6O3S. The second-order valence-corrected chi connectivity index (χ2v) is 6.52. The highest BCUT2D eigenvalue weighted by atomic mass is 32.1. The van der Waals surface area contributed by atoms with E-state index in [1.807, 2.05) is 28.2 Å². The molecule has 0 bridgehead atoms. The van der Waals surface area contributed by atoms with Crippen molar-refractivity contribution < 1.29 is 4.79 Å². The first-order chi connectivity index (χ1) is 12.1. The van der Waals surface area contributed by atoms with Crippen molar-refractivity contribution >= 4 is 34.7 Å². The molecule has 2 fully saturated rings. The van der Waals surface area contributed by atoms with Crippen molar-refractivity contribution in [3.05, 3.63) is 20.4 Å². The summed E-state index contributed by atoms with van der Waals surface area (Å²) in [5.74, 6) is 0. The Morgan fingerprint density at radius 3 is 1.15 bits per heavy atom. The molecule has 2 aliphatic rings. The van der Waals surface area contributed by atoms with E-state index >= 15 is 0 Å². The van der Waals surface area contributed by atoms with Crippen LogP contribution in [0.1, 0.15) is 0 Å². The molecular weight excluding hydrogens is 356 g/mol. The van der Waals surface area contributed by atoms with Crippen LogP contribution in [0.15, 0.2) is 9.59 Å². The second kappa shape index (κ2) is 9.37. The van der Waals surface area contributed by atoms with Crippen LogP contribution >= 0.6 is 12.2 Å². The Morgan fingerprint density at radius 2 is 1.00 bits per heavy atom. The predicted molar refractivity (Wildman–Crippen MR) is 109 cm³/mol. The van der Waals surface area contributed by atoms with Gasteiger partial charge in [-0.3, -0.25) is 9.59 Å². The Hall–Kier alpha value is -2.36. The minimum atomic E-state index is -0.438. The summed E-state index contributed by atoms with van der Waals surface area (Å²) in [5, 5.41) is 6.22. The smallest absolute Gasteiger partial charge is 0.319 e. The van der Waals surface area contributed by atoms with Gasteiger partial charge in [-0.1, -0.05) is 0 Å². The van der Waals surface area contributed by atoms with Crippen LogP contribution in [-0.2, 0) is 0 Å². The number of carbonyl (C=O) groups excluding carboxylic acids is 1. The van der Waals surface area contributed by atoms with Crippen LogP contribution in [0, 0.1) is 0 Å². The molecule has 3 rings (SSSR count). The van der Waals surface area contributed by atoms with Crippen molar-refractivity contribution in [1.29, 1.82) is 0 Å². The van der Waals surface area contributed by atoms with Crippen LogP contribution in [0.3, 0.4) is 0 Å². The third kappa shape index (κ3) is 4.84. The zero-order valence-electron chi connectivity index (χ0n) is 16.3. The number of urea groups is 1. The van der Waals surface area contributed by atoms with Gasteiger partial charge in [0, 0.05) is 68.5 Å². The summed E-state index contributed by atoms with van der Waals surface area (Å²) in [4.78, 5) is 39.6. The number of hydrogen-bond acceptors (Lipinski definition) is 6. The normalized spacial score (nSPS) is 16.4. The van der Waals surface area contributed by atoms with Crippen molar-refractivity contribution in [3.63, 3.8) is 0 Å². The minimum Gasteiger partial charge on any atom is -0.383 e. The maximum Gasteiger partial charge on any atom is 0.319 e. The predicted octanol–water partition coefficient (Wildman–Crippen LogP) is -0.502. The first kappa shape index (κ1) is 21.7. The van der Waals surface area contributed by atoms with E-state index < -0.39 is 10.9 Å². The minimum absolute atomic E-state index is 0.130. The highest BCUT2D eigenvalue weighted by Gasteiger charge is 2.20. The number of anilines is 2. The second-order valence-electron chi connectivity index (χ2n) is 6.16. The summed E-state index contributed by atoms with van der Waals surface area (Å²) in [5.41, 5.74) is -0.112. The average Bonchev–Trinajstić information content (AvgIpc) is 3.09. The summed E-state index contributed by atoms with van der Waals surface area (Å²) < 4.78 is 0. The molecule has 26 heavy (non-hydrogen) atoms. The quantitative estimate of drug-likeness (QED) is 0.521. The van der Waals surface area contributed by atoms with E-state index in [1.165, 1.54) is 0 Å². The number of carbonyl (C=O) groups is 1. The number of rotatable bonds is 2. The fraction of sp³-hybridized carbons (Fsp3) is 0.625. The van der Waals surface area contributed by atoms with E-state index in [9.17, 15) is 14.4 Å². The number of likely N-dealkylation sites (N-methyl/N-ethyl adjacent to an activating group) is 4. The van der Waals surface area contributed by atoms with E-state index in [0.717, 1.165) is 31.3 Å². The van der Waals surface area contributed by atoms with Gasteiger partial charge in [0.1, 0.15) is 11.4 Å². The fourth-order valence-corrected chi connectivity index (χ4v) is 2.62. The van der Waals surface area contributed by atoms with E-state index in [-0.39, 0.29) is 6.03 Å². The van der Waals surface area contributed by atoms with Crippen molar-refractivity contribution in [1.82, 2.24) is 19.6 Å². The molecule has 1 aromatic carbocycles. The molecule has 1 aromatic rings. The molecule has 146 valence electrons. The molecule has 2 heterocycles. The largest absolute Gasteiger partial charge is 0.383 e. The first-order valence-corrected chi connectivity index (χ1v) is 8.67. The third-order valence-electron chi connectivity index (χ3n) is 4.26. The van der Waals surface area contributed by atoms with Gasteiger partial charge in [-0.15, -0.1) is 0 Å². The topological polar surface area (TPSA) is 88.2 Å². The molecule has 2 saturated heterocycles. The van der Waals surface area contributed by atoms with Gasteiger partial charge in [0.15, 0.2) is 5.11 Å². The zero-order chi connectivity index (χ0) is 20.0. The number of hydrogen-bond donors (Lipinski definition) is 2. The van der Waals surface area contributed by atoms with Crippen LogP contribution in [-0.4, -0.2) is 99.2 Å². The zero-order valence-corrected chi connectivity index (χ0v) is 17.1. The summed E-state index contributed by atoms with van der Waals surface area (Å²) in [6.07, 6.45) is 0. The van der Waals surface area contributed by atoms with Crippen LogP contribution in [0.2, 0.25) is 0 Å². The lowest BCUT2D eigenvalue weighted by atomic mass is 10.2. The van der Waals surface area contributed by atoms with Gasteiger partial charge in [0.2, 0.25) is 0 Å². The molecule has 0 aromatic heterocycles. The number of nitrogens with one attached hydrogen (secondary N) is 2. The van der Waals surface area contributed by atoms with E-state index in [0.29, 0.717) is 11.4 Å². The Labute approximate surface area is 159 Å². The van der Waals surface area contributed by atoms with Gasteiger partial charge in [0.05, 0.1) is 0 Å². The van der Waals surface area contributed by atoms with Gasteiger partial charge in [0.25, 0.3) is 10.9 Å². The van der Waals surface area contributed by atoms with E-state index in [2.05, 4.69) is 20.4 Å². The summed E-state index contributed by atoms with van der Waals surface area (Å²) >= 11 is 5.02. The monoisotopic (exact) mass is 384 g/mol. The highest BCUT2D eigenvalue weighted by molar-refractivity contribution is 7.80. The van der Waals surface area contributed by atoms with E-state index in [1.54, 1.807) is 23.9 Å². The van der Waals surface area contributed by atoms with Crippen LogP contribution < -0.4 is 21.5 Å². The summed E-state index contributed by atoms with van der Waals surface area (Å²) in [7, 11) is 10.9. The van der Waals surface area contributed by atoms with Crippen molar-refractivity contribution in [2.45, 2.75) is 0 Å². The molecule has 2 aliphatic heterocycles.